The molecule has 1 saturated heterocycles. The van der Waals surface area contributed by atoms with Gasteiger partial charge in [-0.1, -0.05) is 6.58 Å². The fourth-order valence-corrected chi connectivity index (χ4v) is 3.66. The number of piperazine rings is 1. The summed E-state index contributed by atoms with van der Waals surface area (Å²) in [7, 11) is 3.47. The lowest BCUT2D eigenvalue weighted by Gasteiger charge is -2.36. The third-order valence-electron chi connectivity index (χ3n) is 5.36. The molecule has 0 radical (unpaired) electrons. The Kier molecular flexibility index (Phi) is 8.38. The van der Waals surface area contributed by atoms with Gasteiger partial charge in [0.25, 0.3) is 5.56 Å². The molecular formula is C23H31FN10O2. The van der Waals surface area contributed by atoms with Gasteiger partial charge in [0.05, 0.1) is 11.3 Å². The third-order valence-corrected chi connectivity index (χ3v) is 5.36. The molecule has 1 aliphatic heterocycles. The Morgan fingerprint density at radius 3 is 2.56 bits per heavy atom. The predicted octanol–water partition coefficient (Wildman–Crippen LogP) is 1.01. The zero-order valence-electron chi connectivity index (χ0n) is 20.6. The summed E-state index contributed by atoms with van der Waals surface area (Å²) in [6.45, 7) is 8.39. The first-order chi connectivity index (χ1) is 17.0. The number of nitrogens with zero attached hydrogens (tertiary/aromatic N) is 6. The Morgan fingerprint density at radius 2 is 1.94 bits per heavy atom. The van der Waals surface area contributed by atoms with Crippen molar-refractivity contribution in [1.82, 2.24) is 24.7 Å². The van der Waals surface area contributed by atoms with Crippen LogP contribution in [0.2, 0.25) is 0 Å². The molecule has 12 nitrogen and oxygen atoms in total. The molecule has 3 rings (SSSR count). The number of pyridine rings is 2. The van der Waals surface area contributed by atoms with E-state index in [-0.39, 0.29) is 23.4 Å². The lowest BCUT2D eigenvalue weighted by molar-refractivity contribution is 0.120. The molecular weight excluding hydrogens is 467 g/mol. The van der Waals surface area contributed by atoms with Crippen molar-refractivity contribution in [2.45, 2.75) is 13.5 Å². The van der Waals surface area contributed by atoms with Crippen molar-refractivity contribution in [3.05, 3.63) is 64.2 Å². The largest absolute Gasteiger partial charge is 0.384 e. The molecule has 0 spiro atoms. The van der Waals surface area contributed by atoms with Crippen molar-refractivity contribution in [2.75, 3.05) is 45.6 Å². The summed E-state index contributed by atoms with van der Waals surface area (Å²) in [4.78, 5) is 44.2. The van der Waals surface area contributed by atoms with Gasteiger partial charge in [-0.2, -0.15) is 0 Å². The van der Waals surface area contributed by atoms with E-state index in [0.29, 0.717) is 49.9 Å². The fourth-order valence-electron chi connectivity index (χ4n) is 3.66. The van der Waals surface area contributed by atoms with E-state index in [9.17, 15) is 14.0 Å². The molecule has 0 aliphatic carbocycles. The molecule has 36 heavy (non-hydrogen) atoms. The minimum atomic E-state index is -0.934. The average Bonchev–Trinajstić information content (AvgIpc) is 2.81. The smallest absolute Gasteiger partial charge is 0.319 e. The van der Waals surface area contributed by atoms with Crippen LogP contribution in [-0.4, -0.2) is 82.6 Å². The maximum atomic E-state index is 13.8. The number of aromatic nitrogens is 2. The normalized spacial score (nSPS) is 15.1. The number of amides is 2. The first kappa shape index (κ1) is 26.3. The number of hydrogen-bond acceptors (Lipinski definition) is 7. The average molecular weight is 499 g/mol. The SMILES string of the molecule is C=C(N)N=C(C)N=C(N)c1cc(CN2CCN(C(=O)N(C)C)CC2)cnc1Nc1c[nH]c(=O)c(F)c1. The number of aliphatic imine (C=N–C) groups is 2. The molecule has 13 heteroatoms. The molecule has 0 bridgehead atoms. The summed E-state index contributed by atoms with van der Waals surface area (Å²) < 4.78 is 13.8. The lowest BCUT2D eigenvalue weighted by atomic mass is 10.1. The number of aromatic amines is 1. The number of halogens is 1. The number of carbonyl (C=O) groups is 1. The number of urea groups is 1. The monoisotopic (exact) mass is 498 g/mol. The minimum absolute atomic E-state index is 0.00564. The molecule has 3 heterocycles. The van der Waals surface area contributed by atoms with Crippen LogP contribution in [0.15, 0.2) is 51.7 Å². The highest BCUT2D eigenvalue weighted by molar-refractivity contribution is 6.08. The second kappa shape index (κ2) is 11.4. The van der Waals surface area contributed by atoms with E-state index >= 15 is 0 Å². The number of anilines is 2. The van der Waals surface area contributed by atoms with Crippen LogP contribution in [0.3, 0.4) is 0 Å². The van der Waals surface area contributed by atoms with E-state index in [2.05, 4.69) is 36.7 Å². The van der Waals surface area contributed by atoms with Crippen LogP contribution in [0, 0.1) is 5.82 Å². The molecule has 2 amide bonds. The van der Waals surface area contributed by atoms with Crippen molar-refractivity contribution < 1.29 is 9.18 Å². The lowest BCUT2D eigenvalue weighted by Crippen LogP contribution is -2.51. The van der Waals surface area contributed by atoms with Crippen molar-refractivity contribution in [3.63, 3.8) is 0 Å². The van der Waals surface area contributed by atoms with Gasteiger partial charge in [-0.05, 0) is 18.6 Å². The van der Waals surface area contributed by atoms with Crippen molar-refractivity contribution in [1.29, 1.82) is 0 Å². The molecule has 0 unspecified atom stereocenters. The van der Waals surface area contributed by atoms with Gasteiger partial charge < -0.3 is 31.6 Å². The summed E-state index contributed by atoms with van der Waals surface area (Å²) in [6.07, 6.45) is 3.01. The molecule has 2 aromatic heterocycles. The first-order valence-corrected chi connectivity index (χ1v) is 11.2. The van der Waals surface area contributed by atoms with Gasteiger partial charge in [-0.3, -0.25) is 9.69 Å². The van der Waals surface area contributed by atoms with Crippen molar-refractivity contribution in [3.8, 4) is 0 Å². The van der Waals surface area contributed by atoms with Gasteiger partial charge in [0.2, 0.25) is 0 Å². The Balaban J connectivity index is 1.86. The van der Waals surface area contributed by atoms with Gasteiger partial charge in [0.15, 0.2) is 5.82 Å². The Bertz CT molecular complexity index is 1250. The van der Waals surface area contributed by atoms with E-state index in [4.69, 9.17) is 11.5 Å². The van der Waals surface area contributed by atoms with Gasteiger partial charge in [0, 0.05) is 65.3 Å². The molecule has 0 saturated carbocycles. The maximum absolute atomic E-state index is 13.8. The highest BCUT2D eigenvalue weighted by atomic mass is 19.1. The van der Waals surface area contributed by atoms with Crippen LogP contribution in [0.4, 0.5) is 20.7 Å². The van der Waals surface area contributed by atoms with Gasteiger partial charge >= 0.3 is 6.03 Å². The first-order valence-electron chi connectivity index (χ1n) is 11.2. The number of hydrogen-bond donors (Lipinski definition) is 4. The van der Waals surface area contributed by atoms with E-state index in [0.717, 1.165) is 11.6 Å². The van der Waals surface area contributed by atoms with Crippen LogP contribution >= 0.6 is 0 Å². The maximum Gasteiger partial charge on any atom is 0.319 e. The van der Waals surface area contributed by atoms with E-state index in [1.807, 2.05) is 11.0 Å². The zero-order valence-corrected chi connectivity index (χ0v) is 20.6. The standard InChI is InChI=1S/C23H31FN10O2/c1-14(25)29-15(2)30-20(26)18-9-16(13-33-5-7-34(8-6-33)23(36)32(3)4)11-27-21(18)31-17-10-19(24)22(35)28-12-17/h9-12H,1,5-8,13,25H2,2-4H3,(H,27,31)(H,28,35)(H2,26,29,30). The Morgan fingerprint density at radius 1 is 1.25 bits per heavy atom. The highest BCUT2D eigenvalue weighted by Gasteiger charge is 2.22. The number of nitrogens with two attached hydrogens (primary N) is 2. The Labute approximate surface area is 208 Å². The molecule has 1 fully saturated rings. The van der Waals surface area contributed by atoms with Crippen molar-refractivity contribution >= 4 is 29.2 Å². The molecule has 6 N–H and O–H groups in total. The summed E-state index contributed by atoms with van der Waals surface area (Å²) >= 11 is 0. The van der Waals surface area contributed by atoms with Crippen LogP contribution in [-0.2, 0) is 6.54 Å². The molecule has 0 atom stereocenters. The number of nitrogens with one attached hydrogen (secondary N) is 2. The van der Waals surface area contributed by atoms with E-state index in [1.54, 1.807) is 32.1 Å². The highest BCUT2D eigenvalue weighted by Crippen LogP contribution is 2.21. The van der Waals surface area contributed by atoms with Crippen molar-refractivity contribution in [2.24, 2.45) is 21.5 Å². The van der Waals surface area contributed by atoms with Crippen LogP contribution < -0.4 is 22.3 Å². The van der Waals surface area contributed by atoms with Gasteiger partial charge in [-0.25, -0.2) is 24.2 Å². The fraction of sp³-hybridized carbons (Fsp3) is 0.348. The topological polar surface area (TPSA) is 161 Å². The minimum Gasteiger partial charge on any atom is -0.384 e. The quantitative estimate of drug-likeness (QED) is 0.341. The molecule has 192 valence electrons. The van der Waals surface area contributed by atoms with E-state index < -0.39 is 11.4 Å². The molecule has 2 aromatic rings. The summed E-state index contributed by atoms with van der Waals surface area (Å²) in [5, 5.41) is 2.97. The van der Waals surface area contributed by atoms with Crippen LogP contribution in [0.5, 0.6) is 0 Å². The number of H-pyrrole nitrogens is 1. The van der Waals surface area contributed by atoms with Gasteiger partial charge in [0.1, 0.15) is 23.3 Å². The summed E-state index contributed by atoms with van der Waals surface area (Å²) in [5.41, 5.74) is 12.6. The Hall–Kier alpha value is -4.26. The number of rotatable bonds is 6. The van der Waals surface area contributed by atoms with Crippen LogP contribution in [0.25, 0.3) is 0 Å². The number of carbonyl (C=O) groups excluding carboxylic acids is 1. The second-order valence-electron chi connectivity index (χ2n) is 8.52. The molecule has 0 aromatic carbocycles. The summed E-state index contributed by atoms with van der Waals surface area (Å²) in [6, 6.07) is 2.89. The zero-order chi connectivity index (χ0) is 26.4. The molecule has 1 aliphatic rings. The van der Waals surface area contributed by atoms with Crippen LogP contribution in [0.1, 0.15) is 18.1 Å². The van der Waals surface area contributed by atoms with E-state index in [1.165, 1.54) is 6.20 Å². The predicted molar refractivity (Wildman–Crippen MR) is 138 cm³/mol. The second-order valence-corrected chi connectivity index (χ2v) is 8.52. The number of amidine groups is 2. The third kappa shape index (κ3) is 6.88. The summed E-state index contributed by atoms with van der Waals surface area (Å²) in [5.74, 6) is -0.123. The van der Waals surface area contributed by atoms with Gasteiger partial charge in [-0.15, -0.1) is 0 Å².